The number of rotatable bonds is 4. The zero-order valence-electron chi connectivity index (χ0n) is 7.17. The van der Waals surface area contributed by atoms with Crippen LogP contribution in [0.25, 0.3) is 0 Å². The van der Waals surface area contributed by atoms with Crippen molar-refractivity contribution in [1.29, 1.82) is 0 Å². The molecule has 0 aliphatic heterocycles. The summed E-state index contributed by atoms with van der Waals surface area (Å²) >= 11 is 0. The number of hydrogen-bond donors (Lipinski definition) is 1. The highest BCUT2D eigenvalue weighted by Crippen LogP contribution is 1.93. The Morgan fingerprint density at radius 1 is 1.64 bits per heavy atom. The van der Waals surface area contributed by atoms with Crippen molar-refractivity contribution in [3.63, 3.8) is 0 Å². The van der Waals surface area contributed by atoms with Crippen molar-refractivity contribution in [3.8, 4) is 0 Å². The fourth-order valence-corrected chi connectivity index (χ4v) is 0.891. The minimum atomic E-state index is 1.06. The number of hydrogen-bond acceptors (Lipinski definition) is 2. The number of imidazole rings is 1. The summed E-state index contributed by atoms with van der Waals surface area (Å²) in [6.45, 7) is 4.36. The quantitative estimate of drug-likeness (QED) is 0.697. The summed E-state index contributed by atoms with van der Waals surface area (Å²) < 4.78 is 0. The Bertz CT molecular complexity index is 181. The molecule has 0 aliphatic carbocycles. The normalized spacial score (nSPS) is 10.8. The van der Waals surface area contributed by atoms with Crippen molar-refractivity contribution in [3.05, 3.63) is 18.2 Å². The average molecular weight is 153 g/mol. The number of nitrogens with zero attached hydrogens (tertiary/aromatic N) is 2. The van der Waals surface area contributed by atoms with E-state index in [0.29, 0.717) is 0 Å². The van der Waals surface area contributed by atoms with Crippen molar-refractivity contribution < 1.29 is 0 Å². The number of H-pyrrole nitrogens is 1. The Morgan fingerprint density at radius 2 is 2.45 bits per heavy atom. The summed E-state index contributed by atoms with van der Waals surface area (Å²) in [5, 5.41) is 0. The molecule has 0 unspecified atom stereocenters. The van der Waals surface area contributed by atoms with Crippen molar-refractivity contribution in [2.45, 2.75) is 13.3 Å². The average Bonchev–Trinajstić information content (AvgIpc) is 2.52. The van der Waals surface area contributed by atoms with Crippen molar-refractivity contribution >= 4 is 0 Å². The first kappa shape index (κ1) is 8.27. The predicted octanol–water partition coefficient (Wildman–Crippen LogP) is 0.904. The molecule has 0 atom stereocenters. The first-order chi connectivity index (χ1) is 5.33. The Balaban J connectivity index is 2.23. The van der Waals surface area contributed by atoms with E-state index in [1.54, 1.807) is 6.33 Å². The van der Waals surface area contributed by atoms with Crippen molar-refractivity contribution in [2.75, 3.05) is 20.1 Å². The molecule has 11 heavy (non-hydrogen) atoms. The summed E-state index contributed by atoms with van der Waals surface area (Å²) in [5.41, 5.74) is 1.21. The first-order valence-electron chi connectivity index (χ1n) is 3.98. The van der Waals surface area contributed by atoms with E-state index >= 15 is 0 Å². The van der Waals surface area contributed by atoms with Crippen LogP contribution in [0, 0.1) is 0 Å². The van der Waals surface area contributed by atoms with Crippen LogP contribution in [-0.4, -0.2) is 35.0 Å². The van der Waals surface area contributed by atoms with Gasteiger partial charge in [-0.25, -0.2) is 4.98 Å². The van der Waals surface area contributed by atoms with Gasteiger partial charge in [0.15, 0.2) is 0 Å². The molecule has 0 saturated carbocycles. The Labute approximate surface area is 67.4 Å². The van der Waals surface area contributed by atoms with Gasteiger partial charge in [0.2, 0.25) is 0 Å². The third-order valence-corrected chi connectivity index (χ3v) is 1.86. The second-order valence-electron chi connectivity index (χ2n) is 2.72. The van der Waals surface area contributed by atoms with Gasteiger partial charge in [0, 0.05) is 24.9 Å². The van der Waals surface area contributed by atoms with Gasteiger partial charge in [-0.2, -0.15) is 0 Å². The number of nitrogens with one attached hydrogen (secondary N) is 1. The van der Waals surface area contributed by atoms with E-state index in [1.807, 2.05) is 6.20 Å². The van der Waals surface area contributed by atoms with Crippen molar-refractivity contribution in [2.24, 2.45) is 0 Å². The van der Waals surface area contributed by atoms with Gasteiger partial charge in [-0.05, 0) is 13.6 Å². The van der Waals surface area contributed by atoms with Crippen LogP contribution < -0.4 is 0 Å². The molecule has 0 saturated heterocycles. The highest BCUT2D eigenvalue weighted by molar-refractivity contribution is 4.94. The number of aromatic nitrogens is 2. The van der Waals surface area contributed by atoms with Gasteiger partial charge in [-0.1, -0.05) is 6.92 Å². The molecule has 62 valence electrons. The fourth-order valence-electron chi connectivity index (χ4n) is 0.891. The van der Waals surface area contributed by atoms with Crippen LogP contribution >= 0.6 is 0 Å². The van der Waals surface area contributed by atoms with Crippen LogP contribution in [0.1, 0.15) is 12.6 Å². The SMILES string of the molecule is CCN(C)CCc1cnc[nH]1. The third kappa shape index (κ3) is 2.72. The topological polar surface area (TPSA) is 31.9 Å². The lowest BCUT2D eigenvalue weighted by atomic mass is 10.3. The second-order valence-corrected chi connectivity index (χ2v) is 2.72. The molecule has 0 fully saturated rings. The van der Waals surface area contributed by atoms with E-state index < -0.39 is 0 Å². The standard InChI is InChI=1S/C8H15N3/c1-3-11(2)5-4-8-6-9-7-10-8/h6-7H,3-5H2,1-2H3,(H,9,10). The van der Waals surface area contributed by atoms with Gasteiger partial charge >= 0.3 is 0 Å². The monoisotopic (exact) mass is 153 g/mol. The Hall–Kier alpha value is -0.830. The van der Waals surface area contributed by atoms with Gasteiger partial charge < -0.3 is 9.88 Å². The molecule has 0 aromatic carbocycles. The summed E-state index contributed by atoms with van der Waals surface area (Å²) in [6, 6.07) is 0. The van der Waals surface area contributed by atoms with E-state index in [2.05, 4.69) is 28.8 Å². The lowest BCUT2D eigenvalue weighted by molar-refractivity contribution is 0.356. The van der Waals surface area contributed by atoms with Gasteiger partial charge in [0.25, 0.3) is 0 Å². The Kier molecular flexibility index (Phi) is 3.11. The molecule has 0 amide bonds. The van der Waals surface area contributed by atoms with Gasteiger partial charge in [0.05, 0.1) is 6.33 Å². The smallest absolute Gasteiger partial charge is 0.0921 e. The molecule has 1 N–H and O–H groups in total. The van der Waals surface area contributed by atoms with Crippen molar-refractivity contribution in [1.82, 2.24) is 14.9 Å². The lowest BCUT2D eigenvalue weighted by Crippen LogP contribution is -2.20. The van der Waals surface area contributed by atoms with E-state index in [9.17, 15) is 0 Å². The minimum absolute atomic E-state index is 1.06. The summed E-state index contributed by atoms with van der Waals surface area (Å²) in [7, 11) is 2.12. The molecule has 3 heteroatoms. The van der Waals surface area contributed by atoms with Gasteiger partial charge in [0.1, 0.15) is 0 Å². The van der Waals surface area contributed by atoms with Gasteiger partial charge in [-0.3, -0.25) is 0 Å². The third-order valence-electron chi connectivity index (χ3n) is 1.86. The molecule has 1 aromatic heterocycles. The fraction of sp³-hybridized carbons (Fsp3) is 0.625. The van der Waals surface area contributed by atoms with Crippen LogP contribution in [0.5, 0.6) is 0 Å². The Morgan fingerprint density at radius 3 is 3.00 bits per heavy atom. The highest BCUT2D eigenvalue weighted by atomic mass is 15.1. The molecule has 1 heterocycles. The van der Waals surface area contributed by atoms with E-state index in [1.165, 1.54) is 5.69 Å². The largest absolute Gasteiger partial charge is 0.348 e. The van der Waals surface area contributed by atoms with Crippen LogP contribution in [0.15, 0.2) is 12.5 Å². The zero-order valence-corrected chi connectivity index (χ0v) is 7.17. The number of likely N-dealkylation sites (N-methyl/N-ethyl adjacent to an activating group) is 1. The zero-order chi connectivity index (χ0) is 8.10. The maximum Gasteiger partial charge on any atom is 0.0921 e. The van der Waals surface area contributed by atoms with Crippen LogP contribution in [0.4, 0.5) is 0 Å². The summed E-state index contributed by atoms with van der Waals surface area (Å²) in [5.74, 6) is 0. The van der Waals surface area contributed by atoms with Crippen LogP contribution in [0.3, 0.4) is 0 Å². The molecular formula is C8H15N3. The first-order valence-corrected chi connectivity index (χ1v) is 3.98. The molecule has 0 aliphatic rings. The molecule has 0 radical (unpaired) electrons. The highest BCUT2D eigenvalue weighted by Gasteiger charge is 1.96. The predicted molar refractivity (Wildman–Crippen MR) is 45.5 cm³/mol. The van der Waals surface area contributed by atoms with E-state index in [0.717, 1.165) is 19.5 Å². The molecule has 3 nitrogen and oxygen atoms in total. The minimum Gasteiger partial charge on any atom is -0.348 e. The summed E-state index contributed by atoms with van der Waals surface area (Å²) in [4.78, 5) is 9.31. The molecular weight excluding hydrogens is 138 g/mol. The summed E-state index contributed by atoms with van der Waals surface area (Å²) in [6.07, 6.45) is 4.66. The lowest BCUT2D eigenvalue weighted by Gasteiger charge is -2.11. The molecule has 1 rings (SSSR count). The van der Waals surface area contributed by atoms with E-state index in [-0.39, 0.29) is 0 Å². The maximum atomic E-state index is 3.95. The van der Waals surface area contributed by atoms with Crippen LogP contribution in [-0.2, 0) is 6.42 Å². The second kappa shape index (κ2) is 4.13. The molecule has 1 aromatic rings. The molecule has 0 spiro atoms. The van der Waals surface area contributed by atoms with Crippen LogP contribution in [0.2, 0.25) is 0 Å². The molecule has 0 bridgehead atoms. The van der Waals surface area contributed by atoms with Gasteiger partial charge in [-0.15, -0.1) is 0 Å². The van der Waals surface area contributed by atoms with E-state index in [4.69, 9.17) is 0 Å². The maximum absolute atomic E-state index is 3.95. The number of aromatic amines is 1.